The van der Waals surface area contributed by atoms with Crippen LogP contribution in [0.2, 0.25) is 0 Å². The van der Waals surface area contributed by atoms with E-state index in [0.29, 0.717) is 6.61 Å². The Bertz CT molecular complexity index is 144. The quantitative estimate of drug-likeness (QED) is 0.376. The van der Waals surface area contributed by atoms with E-state index in [2.05, 4.69) is 17.4 Å². The van der Waals surface area contributed by atoms with Gasteiger partial charge >= 0.3 is 5.97 Å². The standard InChI is InChI=1S/C6H10O3S/c1-3-9-5(7)4(2)6(8)10/h4H,3H2,1-2H3,(H,8,10). The van der Waals surface area contributed by atoms with Crippen molar-refractivity contribution >= 4 is 23.7 Å². The monoisotopic (exact) mass is 162 g/mol. The van der Waals surface area contributed by atoms with Crippen LogP contribution in [-0.4, -0.2) is 17.7 Å². The summed E-state index contributed by atoms with van der Waals surface area (Å²) in [5, 5.41) is -0.460. The molecule has 0 saturated heterocycles. The molecule has 0 aromatic rings. The van der Waals surface area contributed by atoms with Gasteiger partial charge in [-0.25, -0.2) is 0 Å². The summed E-state index contributed by atoms with van der Waals surface area (Å²) in [5.74, 6) is -1.26. The number of thiol groups is 1. The summed E-state index contributed by atoms with van der Waals surface area (Å²) in [6.07, 6.45) is 0. The van der Waals surface area contributed by atoms with Crippen LogP contribution in [0.25, 0.3) is 0 Å². The molecule has 0 aromatic carbocycles. The summed E-state index contributed by atoms with van der Waals surface area (Å²) in [4.78, 5) is 21.1. The van der Waals surface area contributed by atoms with Crippen molar-refractivity contribution < 1.29 is 14.3 Å². The highest BCUT2D eigenvalue weighted by molar-refractivity contribution is 7.96. The van der Waals surface area contributed by atoms with Crippen molar-refractivity contribution in [3.63, 3.8) is 0 Å². The Hall–Kier alpha value is -0.510. The second-order valence-corrected chi connectivity index (χ2v) is 2.25. The van der Waals surface area contributed by atoms with Gasteiger partial charge in [0.1, 0.15) is 5.92 Å². The van der Waals surface area contributed by atoms with Crippen LogP contribution in [0.3, 0.4) is 0 Å². The Morgan fingerprint density at radius 3 is 2.40 bits per heavy atom. The third-order valence-electron chi connectivity index (χ3n) is 1.01. The summed E-state index contributed by atoms with van der Waals surface area (Å²) in [5.41, 5.74) is 0. The maximum absolute atomic E-state index is 10.7. The first-order valence-electron chi connectivity index (χ1n) is 2.99. The highest BCUT2D eigenvalue weighted by Crippen LogP contribution is 2.02. The molecule has 4 heteroatoms. The van der Waals surface area contributed by atoms with Crippen molar-refractivity contribution in [3.8, 4) is 0 Å². The van der Waals surface area contributed by atoms with E-state index in [-0.39, 0.29) is 0 Å². The lowest BCUT2D eigenvalue weighted by Gasteiger charge is -2.04. The molecule has 0 amide bonds. The molecule has 58 valence electrons. The largest absolute Gasteiger partial charge is 0.465 e. The second-order valence-electron chi connectivity index (χ2n) is 1.81. The number of carbonyl (C=O) groups is 2. The van der Waals surface area contributed by atoms with Crippen molar-refractivity contribution in [1.29, 1.82) is 0 Å². The Kier molecular flexibility index (Phi) is 4.11. The van der Waals surface area contributed by atoms with Gasteiger partial charge in [0, 0.05) is 0 Å². The first kappa shape index (κ1) is 9.49. The van der Waals surface area contributed by atoms with Crippen LogP contribution in [0.5, 0.6) is 0 Å². The van der Waals surface area contributed by atoms with Crippen LogP contribution >= 0.6 is 12.6 Å². The van der Waals surface area contributed by atoms with Crippen LogP contribution in [0.15, 0.2) is 0 Å². The highest BCUT2D eigenvalue weighted by atomic mass is 32.1. The van der Waals surface area contributed by atoms with E-state index < -0.39 is 17.0 Å². The molecule has 0 fully saturated rings. The normalized spacial score (nSPS) is 12.3. The molecule has 0 heterocycles. The predicted octanol–water partition coefficient (Wildman–Crippen LogP) is 0.642. The van der Waals surface area contributed by atoms with Gasteiger partial charge in [0.25, 0.3) is 0 Å². The number of hydrogen-bond donors (Lipinski definition) is 1. The molecule has 1 unspecified atom stereocenters. The van der Waals surface area contributed by atoms with E-state index >= 15 is 0 Å². The average molecular weight is 162 g/mol. The molecule has 0 aliphatic rings. The van der Waals surface area contributed by atoms with Gasteiger partial charge in [-0.05, 0) is 13.8 Å². The molecule has 0 N–H and O–H groups in total. The van der Waals surface area contributed by atoms with E-state index in [1.54, 1.807) is 6.92 Å². The van der Waals surface area contributed by atoms with Crippen molar-refractivity contribution in [2.45, 2.75) is 13.8 Å². The Labute approximate surface area is 65.2 Å². The summed E-state index contributed by atoms with van der Waals surface area (Å²) in [6.45, 7) is 3.45. The van der Waals surface area contributed by atoms with Crippen molar-refractivity contribution in [3.05, 3.63) is 0 Å². The van der Waals surface area contributed by atoms with E-state index in [0.717, 1.165) is 0 Å². The Morgan fingerprint density at radius 2 is 2.10 bits per heavy atom. The zero-order valence-corrected chi connectivity index (χ0v) is 6.85. The molecule has 0 aliphatic carbocycles. The van der Waals surface area contributed by atoms with Gasteiger partial charge in [-0.1, -0.05) is 0 Å². The maximum Gasteiger partial charge on any atom is 0.317 e. The van der Waals surface area contributed by atoms with Crippen molar-refractivity contribution in [2.75, 3.05) is 6.61 Å². The number of hydrogen-bond acceptors (Lipinski definition) is 3. The fourth-order valence-electron chi connectivity index (χ4n) is 0.368. The Morgan fingerprint density at radius 1 is 1.60 bits per heavy atom. The van der Waals surface area contributed by atoms with Gasteiger partial charge in [-0.3, -0.25) is 9.59 Å². The molecule has 0 bridgehead atoms. The van der Waals surface area contributed by atoms with Gasteiger partial charge < -0.3 is 4.74 Å². The van der Waals surface area contributed by atoms with Crippen LogP contribution < -0.4 is 0 Å². The first-order chi connectivity index (χ1) is 4.59. The lowest BCUT2D eigenvalue weighted by Crippen LogP contribution is -2.19. The molecule has 1 atom stereocenters. The van der Waals surface area contributed by atoms with Gasteiger partial charge in [0.15, 0.2) is 5.12 Å². The molecule has 0 rings (SSSR count). The van der Waals surface area contributed by atoms with Gasteiger partial charge in [0.2, 0.25) is 0 Å². The first-order valence-corrected chi connectivity index (χ1v) is 3.43. The number of ether oxygens (including phenoxy) is 1. The molecule has 10 heavy (non-hydrogen) atoms. The van der Waals surface area contributed by atoms with E-state index in [9.17, 15) is 9.59 Å². The molecule has 0 spiro atoms. The van der Waals surface area contributed by atoms with E-state index in [1.807, 2.05) is 0 Å². The third-order valence-corrected chi connectivity index (χ3v) is 1.40. The number of esters is 1. The minimum Gasteiger partial charge on any atom is -0.465 e. The van der Waals surface area contributed by atoms with Crippen LogP contribution in [0.1, 0.15) is 13.8 Å². The summed E-state index contributed by atoms with van der Waals surface area (Å²) in [7, 11) is 0. The zero-order chi connectivity index (χ0) is 8.15. The lowest BCUT2D eigenvalue weighted by atomic mass is 10.2. The zero-order valence-electron chi connectivity index (χ0n) is 5.96. The second kappa shape index (κ2) is 4.33. The van der Waals surface area contributed by atoms with E-state index in [1.165, 1.54) is 6.92 Å². The number of rotatable bonds is 3. The molecule has 0 radical (unpaired) electrons. The molecule has 0 aromatic heterocycles. The number of carbonyl (C=O) groups excluding carboxylic acids is 2. The van der Waals surface area contributed by atoms with Crippen LogP contribution in [0.4, 0.5) is 0 Å². The lowest BCUT2D eigenvalue weighted by molar-refractivity contribution is -0.149. The molecular formula is C6H10O3S. The molecular weight excluding hydrogens is 152 g/mol. The van der Waals surface area contributed by atoms with Crippen LogP contribution in [-0.2, 0) is 14.3 Å². The van der Waals surface area contributed by atoms with Gasteiger partial charge in [0.05, 0.1) is 6.61 Å². The Balaban J connectivity index is 3.82. The summed E-state index contributed by atoms with van der Waals surface area (Å²) in [6, 6.07) is 0. The smallest absolute Gasteiger partial charge is 0.317 e. The van der Waals surface area contributed by atoms with Crippen molar-refractivity contribution in [1.82, 2.24) is 0 Å². The van der Waals surface area contributed by atoms with Crippen molar-refractivity contribution in [2.24, 2.45) is 5.92 Å². The molecule has 3 nitrogen and oxygen atoms in total. The van der Waals surface area contributed by atoms with Gasteiger partial charge in [-0.2, -0.15) is 0 Å². The van der Waals surface area contributed by atoms with Gasteiger partial charge in [-0.15, -0.1) is 12.6 Å². The third kappa shape index (κ3) is 2.87. The highest BCUT2D eigenvalue weighted by Gasteiger charge is 2.18. The minimum absolute atomic E-state index is 0.296. The fourth-order valence-corrected chi connectivity index (χ4v) is 0.473. The SMILES string of the molecule is CCOC(=O)C(C)C(=O)S. The topological polar surface area (TPSA) is 43.4 Å². The molecule has 0 saturated carbocycles. The molecule has 0 aliphatic heterocycles. The summed E-state index contributed by atoms with van der Waals surface area (Å²) >= 11 is 3.49. The average Bonchev–Trinajstić information content (AvgIpc) is 1.87. The van der Waals surface area contributed by atoms with E-state index in [4.69, 9.17) is 0 Å². The maximum atomic E-state index is 10.7. The van der Waals surface area contributed by atoms with Crippen LogP contribution in [0, 0.1) is 5.92 Å². The summed E-state index contributed by atoms with van der Waals surface area (Å²) < 4.78 is 4.56. The predicted molar refractivity (Wildman–Crippen MR) is 39.8 cm³/mol. The minimum atomic E-state index is -0.747. The fraction of sp³-hybridized carbons (Fsp3) is 0.667.